The second-order valence-corrected chi connectivity index (χ2v) is 16.4. The molecule has 6 rings (SSSR count). The summed E-state index contributed by atoms with van der Waals surface area (Å²) in [5.41, 5.74) is -10.2. The van der Waals surface area contributed by atoms with Crippen LogP contribution in [0.5, 0.6) is 0 Å². The number of benzene rings is 1. The molecule has 19 heteroatoms. The van der Waals surface area contributed by atoms with E-state index in [4.69, 9.17) is 42.6 Å². The molecule has 3 fully saturated rings. The first kappa shape index (κ1) is 45.6. The Morgan fingerprint density at radius 1 is 0.774 bits per heavy atom. The number of carbonyl (C=O) groups excluding carboxylic acids is 8. The molecule has 0 amide bonds. The average molecular weight is 868 g/mol. The van der Waals surface area contributed by atoms with E-state index in [2.05, 4.69) is 4.98 Å². The van der Waals surface area contributed by atoms with Crippen molar-refractivity contribution < 1.29 is 86.1 Å². The smallest absolute Gasteiger partial charge is 0.340 e. The number of cyclic esters (lactones) is 1. The summed E-state index contributed by atoms with van der Waals surface area (Å²) in [7, 11) is 0. The van der Waals surface area contributed by atoms with E-state index in [0.717, 1.165) is 41.5 Å². The largest absolute Gasteiger partial charge is 0.465 e. The SMILES string of the molecule is CC(=O)OC[C@]12[C@H](OC(C)=O)C(OC(C)=O)C3C(OC(C)=O)C14O[C@@]3(C)COC(=O)c1cccnc1CC[C@H](C)C(=O)O[C@@H]([C@H](OC(C)=O)[C@@H]2OC(=O)c1ccccc1)[C@]4(C)O. The molecule has 0 radical (unpaired) electrons. The van der Waals surface area contributed by atoms with Crippen LogP contribution in [0.15, 0.2) is 48.7 Å². The van der Waals surface area contributed by atoms with Crippen molar-refractivity contribution in [3.63, 3.8) is 0 Å². The molecule has 1 spiro atoms. The number of aromatic nitrogens is 1. The molecule has 2 aliphatic heterocycles. The highest BCUT2D eigenvalue weighted by atomic mass is 16.7. The monoisotopic (exact) mass is 867 g/mol. The lowest BCUT2D eigenvalue weighted by Crippen LogP contribution is -2.89. The summed E-state index contributed by atoms with van der Waals surface area (Å²) in [4.78, 5) is 113. The maximum atomic E-state index is 14.4. The number of aryl methyl sites for hydroxylation is 1. The minimum Gasteiger partial charge on any atom is -0.465 e. The Kier molecular flexibility index (Phi) is 12.6. The molecule has 1 saturated heterocycles. The van der Waals surface area contributed by atoms with Crippen LogP contribution < -0.4 is 0 Å². The highest BCUT2D eigenvalue weighted by Gasteiger charge is 2.92. The highest BCUT2D eigenvalue weighted by molar-refractivity contribution is 5.91. The Hall–Kier alpha value is -5.95. The Morgan fingerprint density at radius 2 is 1.37 bits per heavy atom. The Labute approximate surface area is 355 Å². The number of rotatable bonds is 8. The van der Waals surface area contributed by atoms with Crippen LogP contribution in [-0.2, 0) is 77.8 Å². The second kappa shape index (κ2) is 17.1. The molecule has 12 atom stereocenters. The third kappa shape index (κ3) is 7.76. The van der Waals surface area contributed by atoms with Gasteiger partial charge in [-0.05, 0) is 51.0 Å². The number of hydrogen-bond donors (Lipinski definition) is 1. The van der Waals surface area contributed by atoms with Crippen LogP contribution in [0.4, 0.5) is 0 Å². The summed E-state index contributed by atoms with van der Waals surface area (Å²) in [5.74, 6) is -10.7. The van der Waals surface area contributed by atoms with Crippen molar-refractivity contribution in [2.75, 3.05) is 13.2 Å². The quantitative estimate of drug-likeness (QED) is 0.295. The van der Waals surface area contributed by atoms with Crippen LogP contribution in [0.3, 0.4) is 0 Å². The van der Waals surface area contributed by atoms with Crippen LogP contribution in [0.2, 0.25) is 0 Å². The molecule has 4 aliphatic rings. The van der Waals surface area contributed by atoms with Crippen LogP contribution in [0, 0.1) is 17.3 Å². The lowest BCUT2D eigenvalue weighted by molar-refractivity contribution is -0.385. The summed E-state index contributed by atoms with van der Waals surface area (Å²) in [6.07, 6.45) is -10.6. The molecule has 1 N–H and O–H groups in total. The molecule has 19 nitrogen and oxygen atoms in total. The zero-order valence-corrected chi connectivity index (χ0v) is 35.4. The molecule has 2 aromatic rings. The van der Waals surface area contributed by atoms with Crippen molar-refractivity contribution in [2.45, 2.75) is 122 Å². The third-order valence-electron chi connectivity index (χ3n) is 12.1. The van der Waals surface area contributed by atoms with E-state index in [-0.39, 0.29) is 29.7 Å². The number of aliphatic hydroxyl groups is 1. The van der Waals surface area contributed by atoms with Crippen LogP contribution >= 0.6 is 0 Å². The van der Waals surface area contributed by atoms with Crippen molar-refractivity contribution in [3.05, 3.63) is 65.5 Å². The topological polar surface area (TPSA) is 253 Å². The third-order valence-corrected chi connectivity index (χ3v) is 12.1. The summed E-state index contributed by atoms with van der Waals surface area (Å²) in [6.45, 7) is 7.17. The zero-order chi connectivity index (χ0) is 45.5. The normalized spacial score (nSPS) is 35.0. The Morgan fingerprint density at radius 3 is 1.98 bits per heavy atom. The number of carbonyl (C=O) groups is 8. The molecule has 2 saturated carbocycles. The van der Waals surface area contributed by atoms with Crippen molar-refractivity contribution in [2.24, 2.45) is 17.3 Å². The number of fused-ring (bicyclic) bond motifs is 5. The molecule has 4 bridgehead atoms. The predicted octanol–water partition coefficient (Wildman–Crippen LogP) is 2.16. The van der Waals surface area contributed by atoms with Crippen molar-refractivity contribution >= 4 is 47.8 Å². The van der Waals surface area contributed by atoms with Gasteiger partial charge in [0.15, 0.2) is 30.0 Å². The fraction of sp³-hybridized carbons (Fsp3) is 0.558. The van der Waals surface area contributed by atoms with Crippen LogP contribution in [-0.4, -0.2) is 124 Å². The van der Waals surface area contributed by atoms with Gasteiger partial charge in [0.25, 0.3) is 0 Å². The number of hydrogen-bond acceptors (Lipinski definition) is 19. The summed E-state index contributed by atoms with van der Waals surface area (Å²) >= 11 is 0. The van der Waals surface area contributed by atoms with Gasteiger partial charge in [0.1, 0.15) is 42.0 Å². The van der Waals surface area contributed by atoms with Crippen LogP contribution in [0.25, 0.3) is 0 Å². The minimum absolute atomic E-state index is 0.0225. The first-order chi connectivity index (χ1) is 29.1. The molecule has 3 heterocycles. The lowest BCUT2D eigenvalue weighted by atomic mass is 9.45. The average Bonchev–Trinajstić information content (AvgIpc) is 3.41. The first-order valence-electron chi connectivity index (χ1n) is 19.9. The molecule has 1 aromatic carbocycles. The standard InChI is InChI=1S/C43H49NO18/c1-21-16-17-29-28(15-12-18-44-29)39(52)55-19-40(7)30-31(56-23(3)46)35(59-26(6)49)42(20-54-22(2)45)36(61-38(51)27-13-10-9-11-14-27)32(57-24(4)47)34(60-37(21)50)41(8,53)43(42,62-40)33(30)58-25(5)48/h9-15,18,21,30-36,53H,16-17,19-20H2,1-8H3/t21-,30?,31?,32-,33?,34-,35+,36-,40-,41-,42+,43?/m0/s1. The second-order valence-electron chi connectivity index (χ2n) is 16.4. The number of ether oxygens (including phenoxy) is 9. The van der Waals surface area contributed by atoms with Crippen LogP contribution in [0.1, 0.15) is 88.2 Å². The summed E-state index contributed by atoms with van der Waals surface area (Å²) in [5, 5.41) is 13.6. The molecular weight excluding hydrogens is 818 g/mol. The number of nitrogens with zero attached hydrogens (tertiary/aromatic N) is 1. The van der Waals surface area contributed by atoms with Gasteiger partial charge in [-0.3, -0.25) is 33.8 Å². The molecular formula is C43H49NO18. The molecule has 4 unspecified atom stereocenters. The highest BCUT2D eigenvalue weighted by Crippen LogP contribution is 2.70. The van der Waals surface area contributed by atoms with Gasteiger partial charge in [-0.25, -0.2) is 9.59 Å². The molecule has 1 aromatic heterocycles. The number of esters is 8. The number of pyridine rings is 1. The predicted molar refractivity (Wildman–Crippen MR) is 205 cm³/mol. The van der Waals surface area contributed by atoms with Crippen molar-refractivity contribution in [1.82, 2.24) is 4.98 Å². The molecule has 62 heavy (non-hydrogen) atoms. The van der Waals surface area contributed by atoms with Gasteiger partial charge in [0, 0.05) is 40.8 Å². The van der Waals surface area contributed by atoms with E-state index in [1.54, 1.807) is 6.07 Å². The van der Waals surface area contributed by atoms with E-state index in [1.807, 2.05) is 0 Å². The van der Waals surface area contributed by atoms with E-state index < -0.39 is 132 Å². The lowest BCUT2D eigenvalue weighted by Gasteiger charge is -2.67. The van der Waals surface area contributed by atoms with Gasteiger partial charge < -0.3 is 47.7 Å². The minimum atomic E-state index is -2.84. The van der Waals surface area contributed by atoms with Gasteiger partial charge in [0.2, 0.25) is 0 Å². The van der Waals surface area contributed by atoms with Crippen molar-refractivity contribution in [3.8, 4) is 0 Å². The van der Waals surface area contributed by atoms with Gasteiger partial charge in [-0.1, -0.05) is 25.1 Å². The fourth-order valence-corrected chi connectivity index (χ4v) is 9.74. The Bertz CT molecular complexity index is 2140. The van der Waals surface area contributed by atoms with E-state index in [1.165, 1.54) is 56.4 Å². The van der Waals surface area contributed by atoms with Gasteiger partial charge in [0.05, 0.1) is 28.7 Å². The summed E-state index contributed by atoms with van der Waals surface area (Å²) < 4.78 is 55.4. The van der Waals surface area contributed by atoms with E-state index in [9.17, 15) is 43.5 Å². The first-order valence-corrected chi connectivity index (χ1v) is 19.9. The van der Waals surface area contributed by atoms with E-state index in [0.29, 0.717) is 0 Å². The van der Waals surface area contributed by atoms with Gasteiger partial charge in [-0.15, -0.1) is 0 Å². The maximum Gasteiger partial charge on any atom is 0.340 e. The maximum absolute atomic E-state index is 14.4. The summed E-state index contributed by atoms with van der Waals surface area (Å²) in [6, 6.07) is 10.4. The Balaban J connectivity index is 1.79. The van der Waals surface area contributed by atoms with Gasteiger partial charge >= 0.3 is 47.8 Å². The zero-order valence-electron chi connectivity index (χ0n) is 35.4. The van der Waals surface area contributed by atoms with E-state index >= 15 is 0 Å². The fourth-order valence-electron chi connectivity index (χ4n) is 9.74. The van der Waals surface area contributed by atoms with Crippen molar-refractivity contribution in [1.29, 1.82) is 0 Å². The molecule has 334 valence electrons. The van der Waals surface area contributed by atoms with Gasteiger partial charge in [-0.2, -0.15) is 0 Å². The molecule has 2 aliphatic carbocycles.